The smallest absolute Gasteiger partial charge is 0.248 e. The topological polar surface area (TPSA) is 76.0 Å². The van der Waals surface area contributed by atoms with Crippen molar-refractivity contribution in [3.05, 3.63) is 54.1 Å². The van der Waals surface area contributed by atoms with Crippen LogP contribution in [0.4, 0.5) is 11.6 Å². The van der Waals surface area contributed by atoms with Gasteiger partial charge in [0.1, 0.15) is 6.04 Å². The maximum Gasteiger partial charge on any atom is 0.248 e. The van der Waals surface area contributed by atoms with Crippen LogP contribution in [0.25, 0.3) is 11.0 Å². The number of anilines is 2. The van der Waals surface area contributed by atoms with Gasteiger partial charge in [-0.1, -0.05) is 29.8 Å². The first-order valence-electron chi connectivity index (χ1n) is 7.76. The number of carbonyl (C=O) groups excluding carboxylic acids is 2. The molecule has 0 aliphatic carbocycles. The third kappa shape index (κ3) is 2.42. The van der Waals surface area contributed by atoms with Gasteiger partial charge in [0.2, 0.25) is 17.8 Å². The predicted octanol–water partition coefficient (Wildman–Crippen LogP) is 2.87. The molecule has 2 amide bonds. The summed E-state index contributed by atoms with van der Waals surface area (Å²) in [5.41, 5.74) is 3.41. The molecule has 1 unspecified atom stereocenters. The number of aromatic nitrogens is 2. The van der Waals surface area contributed by atoms with Gasteiger partial charge in [0.15, 0.2) is 0 Å². The Bertz CT molecular complexity index is 943. The molecule has 1 aromatic heterocycles. The number of fused-ring (bicyclic) bond motifs is 3. The van der Waals surface area contributed by atoms with Crippen LogP contribution in [-0.4, -0.2) is 21.4 Å². The second kappa shape index (κ2) is 5.49. The summed E-state index contributed by atoms with van der Waals surface area (Å²) in [6, 6.07) is 14.5. The molecular weight excluding hydrogens is 304 g/mol. The van der Waals surface area contributed by atoms with E-state index in [0.29, 0.717) is 11.6 Å². The van der Waals surface area contributed by atoms with Gasteiger partial charge in [-0.25, -0.2) is 4.98 Å². The van der Waals surface area contributed by atoms with Crippen LogP contribution >= 0.6 is 0 Å². The Morgan fingerprint density at radius 1 is 1.21 bits per heavy atom. The van der Waals surface area contributed by atoms with Crippen LogP contribution < -0.4 is 10.6 Å². The molecule has 120 valence electrons. The van der Waals surface area contributed by atoms with E-state index in [1.54, 1.807) is 4.57 Å². The van der Waals surface area contributed by atoms with Crippen molar-refractivity contribution < 1.29 is 9.59 Å². The summed E-state index contributed by atoms with van der Waals surface area (Å²) in [4.78, 5) is 29.1. The number of carbonyl (C=O) groups is 2. The molecular formula is C18H16N4O2. The standard InChI is InChI=1S/C18H16N4O2/c1-11-6-8-12(9-7-11)19-17(24)15-10-16(23)21-18-20-13-4-2-3-5-14(13)22(15)18/h2-9,15H,10H2,1H3,(H,19,24)(H,20,21,23). The molecule has 3 aromatic rings. The second-order valence-electron chi connectivity index (χ2n) is 5.92. The molecule has 0 saturated heterocycles. The number of amides is 2. The van der Waals surface area contributed by atoms with E-state index in [2.05, 4.69) is 15.6 Å². The van der Waals surface area contributed by atoms with Crippen molar-refractivity contribution in [2.45, 2.75) is 19.4 Å². The van der Waals surface area contributed by atoms with E-state index in [0.717, 1.165) is 16.6 Å². The van der Waals surface area contributed by atoms with Gasteiger partial charge in [-0.2, -0.15) is 0 Å². The second-order valence-corrected chi connectivity index (χ2v) is 5.92. The van der Waals surface area contributed by atoms with Gasteiger partial charge in [-0.05, 0) is 31.2 Å². The zero-order chi connectivity index (χ0) is 16.7. The maximum absolute atomic E-state index is 12.8. The van der Waals surface area contributed by atoms with Crippen molar-refractivity contribution in [1.82, 2.24) is 9.55 Å². The van der Waals surface area contributed by atoms with E-state index >= 15 is 0 Å². The van der Waals surface area contributed by atoms with E-state index in [-0.39, 0.29) is 18.2 Å². The van der Waals surface area contributed by atoms with Crippen LogP contribution in [-0.2, 0) is 9.59 Å². The Balaban J connectivity index is 1.72. The lowest BCUT2D eigenvalue weighted by Gasteiger charge is -2.25. The highest BCUT2D eigenvalue weighted by atomic mass is 16.2. The molecule has 0 radical (unpaired) electrons. The highest BCUT2D eigenvalue weighted by Gasteiger charge is 2.32. The minimum Gasteiger partial charge on any atom is -0.324 e. The maximum atomic E-state index is 12.8. The Labute approximate surface area is 138 Å². The number of aryl methyl sites for hydroxylation is 1. The molecule has 1 aliphatic heterocycles. The quantitative estimate of drug-likeness (QED) is 0.762. The molecule has 0 bridgehead atoms. The first-order valence-corrected chi connectivity index (χ1v) is 7.76. The van der Waals surface area contributed by atoms with Gasteiger partial charge in [0, 0.05) is 5.69 Å². The Hall–Kier alpha value is -3.15. The molecule has 1 aliphatic rings. The van der Waals surface area contributed by atoms with Gasteiger partial charge in [0.05, 0.1) is 17.5 Å². The highest BCUT2D eigenvalue weighted by Crippen LogP contribution is 2.31. The number of nitrogens with zero attached hydrogens (tertiary/aromatic N) is 2. The fraction of sp³-hybridized carbons (Fsp3) is 0.167. The van der Waals surface area contributed by atoms with Crippen LogP contribution in [0, 0.1) is 6.92 Å². The van der Waals surface area contributed by atoms with Gasteiger partial charge in [0.25, 0.3) is 0 Å². The zero-order valence-corrected chi connectivity index (χ0v) is 13.1. The fourth-order valence-corrected chi connectivity index (χ4v) is 2.96. The SMILES string of the molecule is Cc1ccc(NC(=O)C2CC(=O)Nc3nc4ccccc4n32)cc1. The van der Waals surface area contributed by atoms with Gasteiger partial charge in [-0.3, -0.25) is 19.5 Å². The van der Waals surface area contributed by atoms with Crippen LogP contribution in [0.1, 0.15) is 18.0 Å². The molecule has 24 heavy (non-hydrogen) atoms. The largest absolute Gasteiger partial charge is 0.324 e. The fourth-order valence-electron chi connectivity index (χ4n) is 2.96. The first kappa shape index (κ1) is 14.4. The minimum absolute atomic E-state index is 0.0883. The van der Waals surface area contributed by atoms with E-state index in [1.165, 1.54) is 0 Å². The number of hydrogen-bond acceptors (Lipinski definition) is 3. The lowest BCUT2D eigenvalue weighted by Crippen LogP contribution is -2.35. The monoisotopic (exact) mass is 320 g/mol. The van der Waals surface area contributed by atoms with E-state index in [1.807, 2.05) is 55.5 Å². The Kier molecular flexibility index (Phi) is 3.30. The third-order valence-corrected chi connectivity index (χ3v) is 4.16. The van der Waals surface area contributed by atoms with E-state index in [9.17, 15) is 9.59 Å². The summed E-state index contributed by atoms with van der Waals surface area (Å²) < 4.78 is 1.79. The van der Waals surface area contributed by atoms with Gasteiger partial charge in [-0.15, -0.1) is 0 Å². The summed E-state index contributed by atoms with van der Waals surface area (Å²) in [7, 11) is 0. The van der Waals surface area contributed by atoms with Crippen LogP contribution in [0.5, 0.6) is 0 Å². The number of para-hydroxylation sites is 2. The van der Waals surface area contributed by atoms with Crippen molar-refractivity contribution >= 4 is 34.5 Å². The minimum atomic E-state index is -0.623. The van der Waals surface area contributed by atoms with Crippen molar-refractivity contribution in [1.29, 1.82) is 0 Å². The van der Waals surface area contributed by atoms with Gasteiger partial charge < -0.3 is 5.32 Å². The average molecular weight is 320 g/mol. The Morgan fingerprint density at radius 3 is 2.75 bits per heavy atom. The molecule has 4 rings (SSSR count). The molecule has 2 N–H and O–H groups in total. The first-order chi connectivity index (χ1) is 11.6. The zero-order valence-electron chi connectivity index (χ0n) is 13.1. The molecule has 2 heterocycles. The average Bonchev–Trinajstić information content (AvgIpc) is 2.94. The molecule has 0 spiro atoms. The summed E-state index contributed by atoms with van der Waals surface area (Å²) >= 11 is 0. The summed E-state index contributed by atoms with van der Waals surface area (Å²) in [6.07, 6.45) is 0.0883. The number of imidazole rings is 1. The van der Waals surface area contributed by atoms with Crippen LogP contribution in [0.15, 0.2) is 48.5 Å². The molecule has 6 heteroatoms. The summed E-state index contributed by atoms with van der Waals surface area (Å²) in [5, 5.41) is 5.63. The molecule has 0 fully saturated rings. The van der Waals surface area contributed by atoms with Crippen molar-refractivity contribution in [2.24, 2.45) is 0 Å². The van der Waals surface area contributed by atoms with Crippen molar-refractivity contribution in [3.8, 4) is 0 Å². The predicted molar refractivity (Wildman–Crippen MR) is 91.8 cm³/mol. The Morgan fingerprint density at radius 2 is 1.96 bits per heavy atom. The van der Waals surface area contributed by atoms with E-state index in [4.69, 9.17) is 0 Å². The summed E-state index contributed by atoms with van der Waals surface area (Å²) in [6.45, 7) is 1.99. The number of benzene rings is 2. The van der Waals surface area contributed by atoms with Crippen molar-refractivity contribution in [2.75, 3.05) is 10.6 Å². The van der Waals surface area contributed by atoms with E-state index < -0.39 is 6.04 Å². The number of nitrogens with one attached hydrogen (secondary N) is 2. The normalized spacial score (nSPS) is 16.5. The molecule has 0 saturated carbocycles. The van der Waals surface area contributed by atoms with Gasteiger partial charge >= 0.3 is 0 Å². The van der Waals surface area contributed by atoms with Crippen molar-refractivity contribution in [3.63, 3.8) is 0 Å². The number of hydrogen-bond donors (Lipinski definition) is 2. The summed E-state index contributed by atoms with van der Waals surface area (Å²) in [5.74, 6) is -0.0172. The molecule has 1 atom stereocenters. The third-order valence-electron chi connectivity index (χ3n) is 4.16. The van der Waals surface area contributed by atoms with Crippen LogP contribution in [0.2, 0.25) is 0 Å². The molecule has 6 nitrogen and oxygen atoms in total. The molecule has 2 aromatic carbocycles. The number of rotatable bonds is 2. The highest BCUT2D eigenvalue weighted by molar-refractivity contribution is 6.02. The lowest BCUT2D eigenvalue weighted by atomic mass is 10.1. The lowest BCUT2D eigenvalue weighted by molar-refractivity contribution is -0.124. The van der Waals surface area contributed by atoms with Crippen LogP contribution in [0.3, 0.4) is 0 Å².